The molecule has 5 heteroatoms. The third-order valence-electron chi connectivity index (χ3n) is 2.80. The quantitative estimate of drug-likeness (QED) is 0.714. The van der Waals surface area contributed by atoms with E-state index in [9.17, 15) is 4.79 Å². The molecule has 0 radical (unpaired) electrons. The first-order valence-electron chi connectivity index (χ1n) is 11.9. The minimum absolute atomic E-state index is 0.200. The van der Waals surface area contributed by atoms with E-state index in [2.05, 4.69) is 5.32 Å². The van der Waals surface area contributed by atoms with Crippen molar-refractivity contribution in [3.05, 3.63) is 29.8 Å². The smallest absolute Gasteiger partial charge is 0.245 e. The van der Waals surface area contributed by atoms with E-state index in [-0.39, 0.29) is 13.2 Å². The average Bonchev–Trinajstić information content (AvgIpc) is 2.70. The van der Waals surface area contributed by atoms with Crippen LogP contribution in [0.15, 0.2) is 24.3 Å². The second-order valence-corrected chi connectivity index (χ2v) is 4.54. The maximum atomic E-state index is 11.0. The van der Waals surface area contributed by atoms with E-state index in [0.717, 1.165) is 0 Å². The molecular formula is C17H26N2O3. The summed E-state index contributed by atoms with van der Waals surface area (Å²) in [4.78, 5) is 11.3. The number of piperidine rings is 1. The molecule has 2 N–H and O–H groups in total. The number of aliphatic hydroxyl groups excluding tert-OH is 1. The lowest BCUT2D eigenvalue weighted by Gasteiger charge is -2.26. The number of nitrogens with one attached hydrogen (secondary N) is 1. The molecule has 5 nitrogen and oxygen atoms in total. The summed E-state index contributed by atoms with van der Waals surface area (Å²) in [5.74, 6) is -0.170. The van der Waals surface area contributed by atoms with Gasteiger partial charge in [0.1, 0.15) is 12.4 Å². The molecule has 1 heterocycles. The van der Waals surface area contributed by atoms with Crippen molar-refractivity contribution in [3.63, 3.8) is 0 Å². The van der Waals surface area contributed by atoms with Crippen LogP contribution in [-0.2, 0) is 11.3 Å². The van der Waals surface area contributed by atoms with Crippen molar-refractivity contribution < 1.29 is 28.3 Å². The van der Waals surface area contributed by atoms with Gasteiger partial charge in [-0.2, -0.15) is 0 Å². The number of hydrogen-bond donors (Lipinski definition) is 2. The normalized spacial score (nSPS) is 33.7. The molecule has 1 aromatic rings. The van der Waals surface area contributed by atoms with Crippen LogP contribution in [0, 0.1) is 0 Å². The molecule has 0 aliphatic carbocycles. The van der Waals surface area contributed by atoms with E-state index in [0.29, 0.717) is 22.6 Å². The summed E-state index contributed by atoms with van der Waals surface area (Å²) in [5, 5.41) is 11.1. The van der Waals surface area contributed by atoms with E-state index in [1.807, 2.05) is 0 Å². The van der Waals surface area contributed by atoms with Crippen molar-refractivity contribution in [2.45, 2.75) is 32.1 Å². The monoisotopic (exact) mass is 316 g/mol. The number of amides is 1. The van der Waals surface area contributed by atoms with Crippen molar-refractivity contribution in [1.82, 2.24) is 10.2 Å². The van der Waals surface area contributed by atoms with Crippen LogP contribution in [0.2, 0.25) is 0 Å². The van der Waals surface area contributed by atoms with Crippen LogP contribution in [0.4, 0.5) is 0 Å². The van der Waals surface area contributed by atoms with Crippen molar-refractivity contribution in [2.24, 2.45) is 0 Å². The molecule has 122 valence electrons. The highest BCUT2D eigenvalue weighted by molar-refractivity contribution is 5.76. The zero-order chi connectivity index (χ0) is 24.6. The predicted molar refractivity (Wildman–Crippen MR) is 85.8 cm³/mol. The van der Waals surface area contributed by atoms with Crippen LogP contribution in [0.25, 0.3) is 0 Å². The lowest BCUT2D eigenvalue weighted by Crippen LogP contribution is -2.29. The number of aliphatic hydroxyl groups is 1. The van der Waals surface area contributed by atoms with Gasteiger partial charge < -0.3 is 15.2 Å². The maximum absolute atomic E-state index is 11.0. The van der Waals surface area contributed by atoms with Crippen LogP contribution in [0.5, 0.6) is 5.75 Å². The molecule has 1 aliphatic rings. The standard InChI is InChI=1S/C17H26N2O3/c20-14-17(21)18-8-5-11-22-16-7-4-6-15(12-16)13-19-9-2-1-3-10-19/h4,6-7,12,20H,1-3,5,8-11,13-14H2,(H,18,21)/i1D2,2D2,3D2,9D2,10D2. The van der Waals surface area contributed by atoms with Gasteiger partial charge >= 0.3 is 0 Å². The number of likely N-dealkylation sites (tertiary alicyclic amines) is 1. The fourth-order valence-corrected chi connectivity index (χ4v) is 1.79. The second kappa shape index (κ2) is 9.43. The molecule has 0 spiro atoms. The number of ether oxygens (including phenoxy) is 1. The Balaban J connectivity index is 2.20. The van der Waals surface area contributed by atoms with E-state index < -0.39 is 51.2 Å². The van der Waals surface area contributed by atoms with Gasteiger partial charge in [0.25, 0.3) is 0 Å². The minimum atomic E-state index is -3.44. The largest absolute Gasteiger partial charge is 0.494 e. The first kappa shape index (κ1) is 7.79. The molecule has 0 unspecified atom stereocenters. The molecular weight excluding hydrogens is 280 g/mol. The van der Waals surface area contributed by atoms with Crippen molar-refractivity contribution in [1.29, 1.82) is 0 Å². The Labute approximate surface area is 146 Å². The minimum Gasteiger partial charge on any atom is -0.494 e. The second-order valence-electron chi connectivity index (χ2n) is 4.54. The SMILES string of the molecule is [2H]C1([2H])N(Cc2cccc(OCCCNC(=O)CO)c2)C([2H])([2H])C([2H])([2H])C([2H])([2H])C1([2H])[2H]. The molecule has 1 aromatic carbocycles. The Hall–Kier alpha value is -1.59. The summed E-state index contributed by atoms with van der Waals surface area (Å²) in [6.45, 7) is -7.03. The number of nitrogens with zero attached hydrogens (tertiary/aromatic N) is 1. The summed E-state index contributed by atoms with van der Waals surface area (Å²) in [6, 6.07) is 6.12. The third-order valence-corrected chi connectivity index (χ3v) is 2.80. The van der Waals surface area contributed by atoms with E-state index >= 15 is 0 Å². The van der Waals surface area contributed by atoms with Crippen LogP contribution in [0.1, 0.15) is 44.8 Å². The lowest BCUT2D eigenvalue weighted by atomic mass is 10.1. The van der Waals surface area contributed by atoms with Gasteiger partial charge in [-0.05, 0) is 49.9 Å². The number of carbonyl (C=O) groups is 1. The average molecular weight is 316 g/mol. The van der Waals surface area contributed by atoms with Crippen LogP contribution in [-0.4, -0.2) is 48.7 Å². The molecule has 0 aromatic heterocycles. The Bertz CT molecular complexity index is 805. The molecule has 0 atom stereocenters. The molecule has 1 fully saturated rings. The van der Waals surface area contributed by atoms with E-state index in [1.54, 1.807) is 12.1 Å². The van der Waals surface area contributed by atoms with Gasteiger partial charge in [0.2, 0.25) is 5.91 Å². The van der Waals surface area contributed by atoms with E-state index in [1.165, 1.54) is 12.1 Å². The molecule has 1 aliphatic heterocycles. The zero-order valence-electron chi connectivity index (χ0n) is 22.1. The topological polar surface area (TPSA) is 61.8 Å². The van der Waals surface area contributed by atoms with Gasteiger partial charge in [-0.25, -0.2) is 0 Å². The highest BCUT2D eigenvalue weighted by Gasteiger charge is 2.10. The maximum Gasteiger partial charge on any atom is 0.245 e. The summed E-state index contributed by atoms with van der Waals surface area (Å²) in [6.07, 6.45) is -9.73. The molecule has 1 amide bonds. The fraction of sp³-hybridized carbons (Fsp3) is 0.588. The summed E-state index contributed by atoms with van der Waals surface area (Å²) < 4.78 is 85.8. The third kappa shape index (κ3) is 6.03. The van der Waals surface area contributed by atoms with Gasteiger partial charge in [-0.3, -0.25) is 9.69 Å². The van der Waals surface area contributed by atoms with Crippen LogP contribution >= 0.6 is 0 Å². The highest BCUT2D eigenvalue weighted by Crippen LogP contribution is 2.17. The van der Waals surface area contributed by atoms with Gasteiger partial charge in [-0.15, -0.1) is 0 Å². The highest BCUT2D eigenvalue weighted by atomic mass is 16.5. The van der Waals surface area contributed by atoms with Gasteiger partial charge in [0.15, 0.2) is 0 Å². The predicted octanol–water partition coefficient (Wildman–Crippen LogP) is 1.55. The molecule has 22 heavy (non-hydrogen) atoms. The van der Waals surface area contributed by atoms with Gasteiger partial charge in [0.05, 0.1) is 6.61 Å². The van der Waals surface area contributed by atoms with Crippen molar-refractivity contribution in [3.8, 4) is 5.75 Å². The summed E-state index contributed by atoms with van der Waals surface area (Å²) in [7, 11) is 0. The van der Waals surface area contributed by atoms with Gasteiger partial charge in [-0.1, -0.05) is 18.5 Å². The van der Waals surface area contributed by atoms with Gasteiger partial charge in [0, 0.05) is 26.8 Å². The summed E-state index contributed by atoms with van der Waals surface area (Å²) >= 11 is 0. The first-order valence-corrected chi connectivity index (χ1v) is 6.91. The number of benzene rings is 1. The summed E-state index contributed by atoms with van der Waals surface area (Å²) in [5.41, 5.74) is 0.304. The first-order chi connectivity index (χ1) is 14.5. The van der Waals surface area contributed by atoms with Crippen LogP contribution in [0.3, 0.4) is 0 Å². The molecule has 0 saturated carbocycles. The Morgan fingerprint density at radius 2 is 2.18 bits per heavy atom. The van der Waals surface area contributed by atoms with Crippen molar-refractivity contribution in [2.75, 3.05) is 32.8 Å². The number of rotatable bonds is 8. The molecule has 0 bridgehead atoms. The zero-order valence-corrected chi connectivity index (χ0v) is 12.1. The Morgan fingerprint density at radius 1 is 1.36 bits per heavy atom. The van der Waals surface area contributed by atoms with Crippen molar-refractivity contribution >= 4 is 5.91 Å². The number of carbonyl (C=O) groups excluding carboxylic acids is 1. The fourth-order valence-electron chi connectivity index (χ4n) is 1.79. The van der Waals surface area contributed by atoms with E-state index in [4.69, 9.17) is 23.6 Å². The Morgan fingerprint density at radius 3 is 2.95 bits per heavy atom. The Kier molecular flexibility index (Phi) is 3.34. The molecule has 1 saturated heterocycles. The van der Waals surface area contributed by atoms with Crippen LogP contribution < -0.4 is 10.1 Å². The molecule has 2 rings (SSSR count). The number of hydrogen-bond acceptors (Lipinski definition) is 4. The lowest BCUT2D eigenvalue weighted by molar-refractivity contribution is -0.123.